The third kappa shape index (κ3) is 5.80. The maximum absolute atomic E-state index is 12.9. The topological polar surface area (TPSA) is 124 Å². The standard InChI is InChI=1S/C21H16BrN3O6/c1-30-16-7-5-14(6-8-16)23-20(26)17(24-21(27)18-9-10-19(22)31-18)12-13-3-2-4-15(11-13)25(28)29/h2-12H,1H3,(H,23,26)(H,24,27). The fourth-order valence-corrected chi connectivity index (χ4v) is 2.85. The third-order valence-corrected chi connectivity index (χ3v) is 4.46. The molecule has 0 unspecified atom stereocenters. The fraction of sp³-hybridized carbons (Fsp3) is 0.0476. The number of ether oxygens (including phenoxy) is 1. The van der Waals surface area contributed by atoms with Crippen molar-refractivity contribution in [1.29, 1.82) is 0 Å². The van der Waals surface area contributed by atoms with Gasteiger partial charge in [0.15, 0.2) is 10.4 Å². The summed E-state index contributed by atoms with van der Waals surface area (Å²) in [6.07, 6.45) is 1.34. The van der Waals surface area contributed by atoms with Gasteiger partial charge in [-0.05, 0) is 64.0 Å². The molecule has 3 aromatic rings. The van der Waals surface area contributed by atoms with Crippen LogP contribution in [0.5, 0.6) is 5.75 Å². The van der Waals surface area contributed by atoms with Crippen LogP contribution in [0.4, 0.5) is 11.4 Å². The highest BCUT2D eigenvalue weighted by molar-refractivity contribution is 9.10. The molecule has 0 fully saturated rings. The van der Waals surface area contributed by atoms with Gasteiger partial charge in [0.05, 0.1) is 12.0 Å². The molecule has 2 aromatic carbocycles. The van der Waals surface area contributed by atoms with Gasteiger partial charge in [0.25, 0.3) is 17.5 Å². The zero-order valence-electron chi connectivity index (χ0n) is 16.1. The number of carbonyl (C=O) groups is 2. The molecule has 158 valence electrons. The number of benzene rings is 2. The molecule has 1 aromatic heterocycles. The molecule has 10 heteroatoms. The molecule has 0 radical (unpaired) electrons. The number of rotatable bonds is 7. The van der Waals surface area contributed by atoms with E-state index in [2.05, 4.69) is 26.6 Å². The van der Waals surface area contributed by atoms with Gasteiger partial charge in [0.1, 0.15) is 11.4 Å². The Morgan fingerprint density at radius 1 is 1.13 bits per heavy atom. The lowest BCUT2D eigenvalue weighted by Crippen LogP contribution is -2.30. The minimum absolute atomic E-state index is 0.0194. The van der Waals surface area contributed by atoms with Crippen molar-refractivity contribution >= 4 is 45.2 Å². The van der Waals surface area contributed by atoms with E-state index in [9.17, 15) is 19.7 Å². The predicted octanol–water partition coefficient (Wildman–Crippen LogP) is 4.37. The van der Waals surface area contributed by atoms with E-state index in [-0.39, 0.29) is 17.1 Å². The first-order valence-corrected chi connectivity index (χ1v) is 9.63. The molecule has 31 heavy (non-hydrogen) atoms. The smallest absolute Gasteiger partial charge is 0.291 e. The second-order valence-electron chi connectivity index (χ2n) is 6.15. The van der Waals surface area contributed by atoms with Gasteiger partial charge in [-0.3, -0.25) is 19.7 Å². The number of nitro benzene ring substituents is 1. The minimum Gasteiger partial charge on any atom is -0.497 e. The van der Waals surface area contributed by atoms with Gasteiger partial charge in [-0.2, -0.15) is 0 Å². The van der Waals surface area contributed by atoms with Gasteiger partial charge < -0.3 is 19.8 Å². The van der Waals surface area contributed by atoms with Crippen molar-refractivity contribution in [2.24, 2.45) is 0 Å². The molecular weight excluding hydrogens is 470 g/mol. The maximum Gasteiger partial charge on any atom is 0.291 e. The van der Waals surface area contributed by atoms with E-state index in [1.807, 2.05) is 0 Å². The molecule has 2 N–H and O–H groups in total. The summed E-state index contributed by atoms with van der Waals surface area (Å²) in [4.78, 5) is 35.9. The first-order chi connectivity index (χ1) is 14.9. The van der Waals surface area contributed by atoms with E-state index >= 15 is 0 Å². The highest BCUT2D eigenvalue weighted by atomic mass is 79.9. The lowest BCUT2D eigenvalue weighted by Gasteiger charge is -2.11. The van der Waals surface area contributed by atoms with Crippen molar-refractivity contribution in [1.82, 2.24) is 5.32 Å². The van der Waals surface area contributed by atoms with Gasteiger partial charge >= 0.3 is 0 Å². The molecule has 3 rings (SSSR count). The number of halogens is 1. The molecule has 0 saturated heterocycles. The molecule has 0 saturated carbocycles. The Morgan fingerprint density at radius 3 is 2.48 bits per heavy atom. The number of carbonyl (C=O) groups excluding carboxylic acids is 2. The highest BCUT2D eigenvalue weighted by Gasteiger charge is 2.18. The van der Waals surface area contributed by atoms with Crippen LogP contribution in [0, 0.1) is 10.1 Å². The Morgan fingerprint density at radius 2 is 1.87 bits per heavy atom. The fourth-order valence-electron chi connectivity index (χ4n) is 2.55. The van der Waals surface area contributed by atoms with Crippen molar-refractivity contribution in [3.63, 3.8) is 0 Å². The van der Waals surface area contributed by atoms with Crippen molar-refractivity contribution in [3.05, 3.63) is 92.5 Å². The van der Waals surface area contributed by atoms with E-state index < -0.39 is 16.7 Å². The van der Waals surface area contributed by atoms with Crippen molar-refractivity contribution in [3.8, 4) is 5.75 Å². The van der Waals surface area contributed by atoms with Crippen LogP contribution in [-0.4, -0.2) is 23.8 Å². The summed E-state index contributed by atoms with van der Waals surface area (Å²) in [5.41, 5.74) is 0.541. The van der Waals surface area contributed by atoms with Crippen LogP contribution in [0.25, 0.3) is 6.08 Å². The molecular formula is C21H16BrN3O6. The molecule has 0 spiro atoms. The highest BCUT2D eigenvalue weighted by Crippen LogP contribution is 2.19. The molecule has 0 aliphatic carbocycles. The Hall–Kier alpha value is -3.92. The quantitative estimate of drug-likeness (QED) is 0.291. The van der Waals surface area contributed by atoms with Crippen LogP contribution in [0.1, 0.15) is 16.1 Å². The number of non-ortho nitro benzene ring substituents is 1. The van der Waals surface area contributed by atoms with E-state index in [1.165, 1.54) is 43.5 Å². The van der Waals surface area contributed by atoms with Crippen LogP contribution >= 0.6 is 15.9 Å². The van der Waals surface area contributed by atoms with E-state index in [0.717, 1.165) is 0 Å². The van der Waals surface area contributed by atoms with Gasteiger partial charge in [-0.25, -0.2) is 0 Å². The summed E-state index contributed by atoms with van der Waals surface area (Å²) < 4.78 is 10.6. The monoisotopic (exact) mass is 485 g/mol. The molecule has 9 nitrogen and oxygen atoms in total. The maximum atomic E-state index is 12.9. The molecule has 0 aliphatic rings. The van der Waals surface area contributed by atoms with Crippen molar-refractivity contribution < 1.29 is 23.7 Å². The zero-order chi connectivity index (χ0) is 22.4. The molecule has 0 atom stereocenters. The van der Waals surface area contributed by atoms with E-state index in [1.54, 1.807) is 30.3 Å². The number of methoxy groups -OCH3 is 1. The van der Waals surface area contributed by atoms with Gasteiger partial charge in [-0.1, -0.05) is 12.1 Å². The summed E-state index contributed by atoms with van der Waals surface area (Å²) in [5, 5.41) is 16.2. The summed E-state index contributed by atoms with van der Waals surface area (Å²) in [5.74, 6) is -0.695. The largest absolute Gasteiger partial charge is 0.497 e. The van der Waals surface area contributed by atoms with Gasteiger partial charge in [0.2, 0.25) is 0 Å². The van der Waals surface area contributed by atoms with E-state index in [4.69, 9.17) is 9.15 Å². The Balaban J connectivity index is 1.90. The summed E-state index contributed by atoms with van der Waals surface area (Å²) in [6.45, 7) is 0. The second kappa shape index (κ2) is 9.72. The first-order valence-electron chi connectivity index (χ1n) is 8.84. The van der Waals surface area contributed by atoms with Crippen LogP contribution in [0.2, 0.25) is 0 Å². The number of furan rings is 1. The number of nitrogens with zero attached hydrogens (tertiary/aromatic N) is 1. The summed E-state index contributed by atoms with van der Waals surface area (Å²) in [6, 6.07) is 15.2. The normalized spacial score (nSPS) is 11.0. The molecule has 2 amide bonds. The van der Waals surface area contributed by atoms with Crippen molar-refractivity contribution in [2.45, 2.75) is 0 Å². The number of hydrogen-bond acceptors (Lipinski definition) is 6. The number of amides is 2. The number of hydrogen-bond donors (Lipinski definition) is 2. The average Bonchev–Trinajstić information content (AvgIpc) is 3.20. The third-order valence-electron chi connectivity index (χ3n) is 4.03. The van der Waals surface area contributed by atoms with Crippen LogP contribution in [0.3, 0.4) is 0 Å². The Kier molecular flexibility index (Phi) is 6.83. The number of anilines is 1. The molecule has 1 heterocycles. The SMILES string of the molecule is COc1ccc(NC(=O)C(=Cc2cccc([N+](=O)[O-])c2)NC(=O)c2ccc(Br)o2)cc1. The summed E-state index contributed by atoms with van der Waals surface area (Å²) in [7, 11) is 1.52. The first kappa shape index (κ1) is 21.8. The molecule has 0 aliphatic heterocycles. The minimum atomic E-state index is -0.660. The number of nitro groups is 1. The van der Waals surface area contributed by atoms with Crippen molar-refractivity contribution in [2.75, 3.05) is 12.4 Å². The van der Waals surface area contributed by atoms with Crippen LogP contribution in [0.15, 0.2) is 75.4 Å². The lowest BCUT2D eigenvalue weighted by molar-refractivity contribution is -0.384. The number of nitrogens with one attached hydrogen (secondary N) is 2. The Labute approximate surface area is 185 Å². The second-order valence-corrected chi connectivity index (χ2v) is 6.93. The zero-order valence-corrected chi connectivity index (χ0v) is 17.7. The lowest BCUT2D eigenvalue weighted by atomic mass is 10.1. The molecule has 0 bridgehead atoms. The predicted molar refractivity (Wildman–Crippen MR) is 117 cm³/mol. The Bertz CT molecular complexity index is 1150. The van der Waals surface area contributed by atoms with Crippen LogP contribution < -0.4 is 15.4 Å². The van der Waals surface area contributed by atoms with Gasteiger partial charge in [0, 0.05) is 17.8 Å². The van der Waals surface area contributed by atoms with Crippen LogP contribution in [-0.2, 0) is 4.79 Å². The summed E-state index contributed by atoms with van der Waals surface area (Å²) >= 11 is 3.11. The average molecular weight is 486 g/mol. The van der Waals surface area contributed by atoms with E-state index in [0.29, 0.717) is 21.7 Å². The van der Waals surface area contributed by atoms with Gasteiger partial charge in [-0.15, -0.1) is 0 Å².